The van der Waals surface area contributed by atoms with Crippen LogP contribution in [0.2, 0.25) is 0 Å². The van der Waals surface area contributed by atoms with E-state index in [2.05, 4.69) is 0 Å². The van der Waals surface area contributed by atoms with Crippen molar-refractivity contribution in [1.82, 2.24) is 0 Å². The third-order valence-corrected chi connectivity index (χ3v) is 3.42. The summed E-state index contributed by atoms with van der Waals surface area (Å²) in [5, 5.41) is 8.95. The molecule has 0 unspecified atom stereocenters. The van der Waals surface area contributed by atoms with Crippen molar-refractivity contribution in [3.8, 4) is 0 Å². The second-order valence-electron chi connectivity index (χ2n) is 4.74. The fraction of sp³-hybridized carbons (Fsp3) is 0.636. The molecule has 1 saturated carbocycles. The number of ether oxygens (including phenoxy) is 1. The highest BCUT2D eigenvalue weighted by atomic mass is 16.5. The van der Waals surface area contributed by atoms with Crippen molar-refractivity contribution < 1.29 is 19.4 Å². The topological polar surface area (TPSA) is 63.6 Å². The summed E-state index contributed by atoms with van der Waals surface area (Å²) in [5.74, 6) is -1.47. The van der Waals surface area contributed by atoms with Crippen molar-refractivity contribution in [1.29, 1.82) is 0 Å². The highest BCUT2D eigenvalue weighted by molar-refractivity contribution is 5.90. The molecule has 2 atom stereocenters. The van der Waals surface area contributed by atoms with Crippen LogP contribution >= 0.6 is 0 Å². The third-order valence-electron chi connectivity index (χ3n) is 3.42. The van der Waals surface area contributed by atoms with Crippen molar-refractivity contribution in [3.05, 3.63) is 11.6 Å². The van der Waals surface area contributed by atoms with Crippen LogP contribution in [0.25, 0.3) is 0 Å². The average molecular weight is 210 g/mol. The Balaban J connectivity index is 2.15. The summed E-state index contributed by atoms with van der Waals surface area (Å²) >= 11 is 0. The molecule has 82 valence electrons. The van der Waals surface area contributed by atoms with Gasteiger partial charge in [-0.15, -0.1) is 0 Å². The van der Waals surface area contributed by atoms with Gasteiger partial charge < -0.3 is 9.84 Å². The van der Waals surface area contributed by atoms with Gasteiger partial charge in [0.15, 0.2) is 0 Å². The minimum absolute atomic E-state index is 0.0318. The molecule has 0 bridgehead atoms. The number of carboxylic acid groups (broad SMARTS) is 1. The number of hydrogen-bond donors (Lipinski definition) is 1. The third kappa shape index (κ3) is 1.54. The van der Waals surface area contributed by atoms with Gasteiger partial charge in [-0.2, -0.15) is 0 Å². The first-order valence-electron chi connectivity index (χ1n) is 5.05. The lowest BCUT2D eigenvalue weighted by Crippen LogP contribution is -2.03. The Kier molecular flexibility index (Phi) is 2.10. The van der Waals surface area contributed by atoms with Crippen molar-refractivity contribution in [3.63, 3.8) is 0 Å². The lowest BCUT2D eigenvalue weighted by molar-refractivity contribution is -0.139. The summed E-state index contributed by atoms with van der Waals surface area (Å²) in [6.45, 7) is 4.25. The summed E-state index contributed by atoms with van der Waals surface area (Å²) in [6, 6.07) is 0. The molecule has 0 amide bonds. The predicted molar refractivity (Wildman–Crippen MR) is 52.1 cm³/mol. The number of carbonyl (C=O) groups is 2. The van der Waals surface area contributed by atoms with E-state index in [1.165, 1.54) is 0 Å². The molecule has 1 saturated heterocycles. The lowest BCUT2D eigenvalue weighted by Gasteiger charge is -1.97. The molecule has 15 heavy (non-hydrogen) atoms. The maximum atomic E-state index is 11.2. The van der Waals surface area contributed by atoms with Gasteiger partial charge in [0.05, 0.1) is 12.5 Å². The molecule has 0 spiro atoms. The quantitative estimate of drug-likeness (QED) is 0.549. The molecular formula is C11H14O4. The van der Waals surface area contributed by atoms with Gasteiger partial charge in [-0.3, -0.25) is 4.79 Å². The smallest absolute Gasteiger partial charge is 0.333 e. The van der Waals surface area contributed by atoms with E-state index < -0.39 is 5.97 Å². The minimum Gasteiger partial charge on any atom is -0.481 e. The number of carbonyl (C=O) groups excluding carboxylic acids is 1. The molecule has 0 aromatic rings. The Hall–Kier alpha value is -1.32. The number of allylic oxidation sites excluding steroid dienone is 1. The Morgan fingerprint density at radius 2 is 2.27 bits per heavy atom. The lowest BCUT2D eigenvalue weighted by atomic mass is 10.1. The van der Waals surface area contributed by atoms with Crippen LogP contribution in [0.1, 0.15) is 20.3 Å². The number of rotatable bonds is 2. The molecule has 2 aliphatic rings. The van der Waals surface area contributed by atoms with E-state index in [1.807, 2.05) is 13.8 Å². The Bertz CT molecular complexity index is 354. The maximum absolute atomic E-state index is 11.2. The first-order chi connectivity index (χ1) is 6.94. The summed E-state index contributed by atoms with van der Waals surface area (Å²) in [5.41, 5.74) is 0.402. The molecule has 1 aliphatic carbocycles. The Morgan fingerprint density at radius 1 is 1.60 bits per heavy atom. The SMILES string of the molecule is CC1(C)[C@H](C(=O)O)[C@@H]1/C=C1\CCOC1=O. The highest BCUT2D eigenvalue weighted by Gasteiger charge is 2.61. The second-order valence-corrected chi connectivity index (χ2v) is 4.74. The minimum atomic E-state index is -0.784. The number of carboxylic acids is 1. The van der Waals surface area contributed by atoms with Crippen molar-refractivity contribution in [2.75, 3.05) is 6.61 Å². The van der Waals surface area contributed by atoms with Gasteiger partial charge in [0, 0.05) is 12.0 Å². The van der Waals surface area contributed by atoms with Gasteiger partial charge in [-0.05, 0) is 11.3 Å². The van der Waals surface area contributed by atoms with E-state index in [0.29, 0.717) is 18.6 Å². The van der Waals surface area contributed by atoms with Gasteiger partial charge in [-0.25, -0.2) is 4.79 Å². The molecule has 4 nitrogen and oxygen atoms in total. The van der Waals surface area contributed by atoms with E-state index in [0.717, 1.165) is 0 Å². The van der Waals surface area contributed by atoms with Crippen molar-refractivity contribution >= 4 is 11.9 Å². The fourth-order valence-electron chi connectivity index (χ4n) is 2.28. The molecule has 2 rings (SSSR count). The van der Waals surface area contributed by atoms with E-state index in [9.17, 15) is 9.59 Å². The number of cyclic esters (lactones) is 1. The zero-order valence-electron chi connectivity index (χ0n) is 8.82. The molecule has 1 aliphatic heterocycles. The van der Waals surface area contributed by atoms with Gasteiger partial charge in [0.2, 0.25) is 0 Å². The molecule has 4 heteroatoms. The predicted octanol–water partition coefficient (Wildman–Crippen LogP) is 1.22. The normalized spacial score (nSPS) is 35.3. The number of esters is 1. The van der Waals surface area contributed by atoms with Gasteiger partial charge in [-0.1, -0.05) is 19.9 Å². The summed E-state index contributed by atoms with van der Waals surface area (Å²) in [4.78, 5) is 22.1. The molecule has 1 N–H and O–H groups in total. The highest BCUT2D eigenvalue weighted by Crippen LogP contribution is 2.59. The van der Waals surface area contributed by atoms with Crippen LogP contribution in [-0.2, 0) is 14.3 Å². The van der Waals surface area contributed by atoms with E-state index in [4.69, 9.17) is 9.84 Å². The van der Waals surface area contributed by atoms with Crippen LogP contribution in [0, 0.1) is 17.3 Å². The van der Waals surface area contributed by atoms with Crippen LogP contribution in [0.15, 0.2) is 11.6 Å². The standard InChI is InChI=1S/C11H14O4/c1-11(2)7(8(11)9(12)13)5-6-3-4-15-10(6)14/h5,7-8H,3-4H2,1-2H3,(H,12,13)/b6-5+/t7-,8-/m0/s1. The summed E-state index contributed by atoms with van der Waals surface area (Å²) < 4.78 is 4.80. The molecule has 0 radical (unpaired) electrons. The monoisotopic (exact) mass is 210 g/mol. The zero-order valence-corrected chi connectivity index (χ0v) is 8.82. The number of hydrogen-bond acceptors (Lipinski definition) is 3. The maximum Gasteiger partial charge on any atom is 0.333 e. The Labute approximate surface area is 87.9 Å². The molecular weight excluding hydrogens is 196 g/mol. The average Bonchev–Trinajstić information content (AvgIpc) is 2.47. The van der Waals surface area contributed by atoms with Crippen molar-refractivity contribution in [2.45, 2.75) is 20.3 Å². The molecule has 0 aromatic carbocycles. The van der Waals surface area contributed by atoms with Gasteiger partial charge in [0.25, 0.3) is 0 Å². The fourth-order valence-corrected chi connectivity index (χ4v) is 2.28. The first-order valence-corrected chi connectivity index (χ1v) is 5.05. The second kappa shape index (κ2) is 3.08. The zero-order chi connectivity index (χ0) is 11.2. The van der Waals surface area contributed by atoms with Crippen LogP contribution in [0.5, 0.6) is 0 Å². The molecule has 1 heterocycles. The van der Waals surface area contributed by atoms with Gasteiger partial charge >= 0.3 is 11.9 Å². The largest absolute Gasteiger partial charge is 0.481 e. The van der Waals surface area contributed by atoms with Crippen molar-refractivity contribution in [2.24, 2.45) is 17.3 Å². The van der Waals surface area contributed by atoms with Crippen LogP contribution < -0.4 is 0 Å². The number of aliphatic carboxylic acids is 1. The van der Waals surface area contributed by atoms with Crippen LogP contribution in [0.3, 0.4) is 0 Å². The first kappa shape index (κ1) is 10.2. The molecule has 0 aromatic heterocycles. The van der Waals surface area contributed by atoms with Crippen LogP contribution in [0.4, 0.5) is 0 Å². The van der Waals surface area contributed by atoms with Crippen LogP contribution in [-0.4, -0.2) is 23.7 Å². The van der Waals surface area contributed by atoms with E-state index >= 15 is 0 Å². The molecule has 2 fully saturated rings. The summed E-state index contributed by atoms with van der Waals surface area (Å²) in [6.07, 6.45) is 2.39. The van der Waals surface area contributed by atoms with E-state index in [-0.39, 0.29) is 23.2 Å². The Morgan fingerprint density at radius 3 is 2.67 bits per heavy atom. The summed E-state index contributed by atoms with van der Waals surface area (Å²) in [7, 11) is 0. The van der Waals surface area contributed by atoms with Gasteiger partial charge in [0.1, 0.15) is 0 Å². The van der Waals surface area contributed by atoms with E-state index in [1.54, 1.807) is 6.08 Å².